The molecular formula is C19H14Cl3N7O3. The Morgan fingerprint density at radius 1 is 1.12 bits per heavy atom. The Balaban J connectivity index is 1.53. The largest absolute Gasteiger partial charge is 0.325 e. The number of hydrogen-bond acceptors (Lipinski definition) is 6. The Morgan fingerprint density at radius 3 is 2.59 bits per heavy atom. The molecule has 0 spiro atoms. The van der Waals surface area contributed by atoms with Crippen molar-refractivity contribution in [2.24, 2.45) is 0 Å². The molecule has 1 aliphatic rings. The van der Waals surface area contributed by atoms with E-state index < -0.39 is 29.9 Å². The minimum absolute atomic E-state index is 0.161. The van der Waals surface area contributed by atoms with Crippen LogP contribution in [0.3, 0.4) is 0 Å². The average Bonchev–Trinajstić information content (AvgIpc) is 3.36. The van der Waals surface area contributed by atoms with Gasteiger partial charge in [0.1, 0.15) is 18.4 Å². The fraction of sp³-hybridized carbons (Fsp3) is 0.158. The predicted octanol–water partition coefficient (Wildman–Crippen LogP) is 3.03. The van der Waals surface area contributed by atoms with Crippen molar-refractivity contribution >= 4 is 58.3 Å². The first-order valence-electron chi connectivity index (χ1n) is 9.11. The summed E-state index contributed by atoms with van der Waals surface area (Å²) >= 11 is 17.9. The zero-order chi connectivity index (χ0) is 23.0. The normalized spacial score (nSPS) is 18.1. The lowest BCUT2D eigenvalue weighted by Gasteiger charge is -2.22. The highest BCUT2D eigenvalue weighted by Crippen LogP contribution is 2.33. The number of aromatic nitrogens is 4. The maximum absolute atomic E-state index is 13.1. The van der Waals surface area contributed by atoms with Gasteiger partial charge in [0.15, 0.2) is 0 Å². The van der Waals surface area contributed by atoms with Gasteiger partial charge in [0, 0.05) is 0 Å². The quantitative estimate of drug-likeness (QED) is 0.415. The number of anilines is 1. The number of carbonyl (C=O) groups excluding carboxylic acids is 3. The van der Waals surface area contributed by atoms with Crippen LogP contribution in [-0.2, 0) is 15.1 Å². The van der Waals surface area contributed by atoms with Crippen LogP contribution >= 0.6 is 34.8 Å². The van der Waals surface area contributed by atoms with Crippen LogP contribution in [0, 0.1) is 0 Å². The summed E-state index contributed by atoms with van der Waals surface area (Å²) in [6.45, 7) is 1.03. The van der Waals surface area contributed by atoms with Crippen LogP contribution in [0.2, 0.25) is 15.1 Å². The van der Waals surface area contributed by atoms with Crippen LogP contribution in [0.25, 0.3) is 5.69 Å². The number of rotatable bonds is 5. The van der Waals surface area contributed by atoms with Gasteiger partial charge >= 0.3 is 6.03 Å². The number of halogens is 3. The molecule has 2 N–H and O–H groups in total. The number of hydrogen-bond donors (Lipinski definition) is 2. The lowest BCUT2D eigenvalue weighted by atomic mass is 9.91. The van der Waals surface area contributed by atoms with Crippen LogP contribution in [0.5, 0.6) is 0 Å². The number of amides is 4. The zero-order valence-electron chi connectivity index (χ0n) is 16.3. The van der Waals surface area contributed by atoms with E-state index in [-0.39, 0.29) is 20.8 Å². The first-order chi connectivity index (χ1) is 15.2. The molecule has 164 valence electrons. The van der Waals surface area contributed by atoms with E-state index in [0.29, 0.717) is 11.3 Å². The van der Waals surface area contributed by atoms with Gasteiger partial charge in [-0.25, -0.2) is 9.48 Å². The van der Waals surface area contributed by atoms with E-state index in [2.05, 4.69) is 26.2 Å². The number of carbonyl (C=O) groups is 3. The first kappa shape index (κ1) is 22.0. The molecule has 1 fully saturated rings. The fourth-order valence-corrected chi connectivity index (χ4v) is 3.82. The van der Waals surface area contributed by atoms with Crippen molar-refractivity contribution in [1.82, 2.24) is 30.4 Å². The lowest BCUT2D eigenvalue weighted by molar-refractivity contribution is -0.133. The van der Waals surface area contributed by atoms with Gasteiger partial charge in [-0.2, -0.15) is 0 Å². The van der Waals surface area contributed by atoms with Crippen LogP contribution < -0.4 is 10.6 Å². The van der Waals surface area contributed by atoms with Gasteiger partial charge in [-0.15, -0.1) is 5.10 Å². The highest BCUT2D eigenvalue weighted by molar-refractivity contribution is 6.44. The highest BCUT2D eigenvalue weighted by atomic mass is 35.5. The van der Waals surface area contributed by atoms with Gasteiger partial charge in [-0.05, 0) is 47.2 Å². The van der Waals surface area contributed by atoms with Gasteiger partial charge < -0.3 is 10.6 Å². The van der Waals surface area contributed by atoms with Gasteiger partial charge in [-0.1, -0.05) is 46.9 Å². The molecule has 0 saturated carbocycles. The number of nitrogens with zero attached hydrogens (tertiary/aromatic N) is 5. The zero-order valence-corrected chi connectivity index (χ0v) is 18.6. The number of urea groups is 1. The maximum atomic E-state index is 13.1. The summed E-state index contributed by atoms with van der Waals surface area (Å²) in [7, 11) is 0. The molecule has 1 atom stereocenters. The summed E-state index contributed by atoms with van der Waals surface area (Å²) < 4.78 is 1.42. The third-order valence-electron chi connectivity index (χ3n) is 4.90. The van der Waals surface area contributed by atoms with Gasteiger partial charge in [0.25, 0.3) is 5.91 Å². The molecule has 10 nitrogen and oxygen atoms in total. The predicted molar refractivity (Wildman–Crippen MR) is 117 cm³/mol. The van der Waals surface area contributed by atoms with Crippen LogP contribution in [-0.4, -0.2) is 49.5 Å². The molecule has 0 bridgehead atoms. The Labute approximate surface area is 196 Å². The molecule has 0 unspecified atom stereocenters. The molecular weight excluding hydrogens is 481 g/mol. The van der Waals surface area contributed by atoms with E-state index in [1.54, 1.807) is 31.2 Å². The minimum Gasteiger partial charge on any atom is -0.323 e. The smallest absolute Gasteiger partial charge is 0.323 e. The van der Waals surface area contributed by atoms with Crippen molar-refractivity contribution in [3.63, 3.8) is 0 Å². The molecule has 13 heteroatoms. The monoisotopic (exact) mass is 493 g/mol. The lowest BCUT2D eigenvalue weighted by Crippen LogP contribution is -2.42. The average molecular weight is 495 g/mol. The molecule has 1 aliphatic heterocycles. The minimum atomic E-state index is -1.39. The van der Waals surface area contributed by atoms with Crippen molar-refractivity contribution in [2.75, 3.05) is 11.9 Å². The molecule has 32 heavy (non-hydrogen) atoms. The Hall–Kier alpha value is -3.21. The molecule has 3 aromatic rings. The van der Waals surface area contributed by atoms with Crippen molar-refractivity contribution in [1.29, 1.82) is 0 Å². The van der Waals surface area contributed by atoms with E-state index in [1.807, 2.05) is 0 Å². The molecule has 0 radical (unpaired) electrons. The number of nitrogens with one attached hydrogen (secondary N) is 2. The second kappa shape index (κ2) is 8.38. The van der Waals surface area contributed by atoms with E-state index >= 15 is 0 Å². The SMILES string of the molecule is C[C@]1(c2cccc(-n3cnnn3)c2)NC(=O)N(CC(=O)Nc2cc(Cl)c(Cl)cc2Cl)C1=O. The number of benzene rings is 2. The van der Waals surface area contributed by atoms with Crippen LogP contribution in [0.4, 0.5) is 10.5 Å². The third-order valence-corrected chi connectivity index (χ3v) is 5.93. The Morgan fingerprint density at radius 2 is 1.88 bits per heavy atom. The molecule has 4 rings (SSSR count). The van der Waals surface area contributed by atoms with Crippen molar-refractivity contribution in [2.45, 2.75) is 12.5 Å². The van der Waals surface area contributed by atoms with E-state index in [4.69, 9.17) is 34.8 Å². The van der Waals surface area contributed by atoms with Gasteiger partial charge in [0.05, 0.1) is 26.4 Å². The van der Waals surface area contributed by atoms with Crippen LogP contribution in [0.1, 0.15) is 12.5 Å². The molecule has 0 aliphatic carbocycles. The van der Waals surface area contributed by atoms with Crippen molar-refractivity contribution < 1.29 is 14.4 Å². The second-order valence-corrected chi connectivity index (χ2v) is 8.27. The summed E-state index contributed by atoms with van der Waals surface area (Å²) in [6.07, 6.45) is 1.40. The Bertz CT molecular complexity index is 1230. The number of imide groups is 1. The summed E-state index contributed by atoms with van der Waals surface area (Å²) in [5.74, 6) is -1.23. The van der Waals surface area contributed by atoms with E-state index in [0.717, 1.165) is 4.90 Å². The fourth-order valence-electron chi connectivity index (χ4n) is 3.23. The maximum Gasteiger partial charge on any atom is 0.325 e. The topological polar surface area (TPSA) is 122 Å². The summed E-state index contributed by atoms with van der Waals surface area (Å²) in [5.41, 5.74) is -0.0849. The molecule has 1 aromatic heterocycles. The summed E-state index contributed by atoms with van der Waals surface area (Å²) in [6, 6.07) is 8.86. The molecule has 4 amide bonds. The van der Waals surface area contributed by atoms with Crippen LogP contribution in [0.15, 0.2) is 42.7 Å². The molecule has 1 saturated heterocycles. The first-order valence-corrected chi connectivity index (χ1v) is 10.2. The van der Waals surface area contributed by atoms with Crippen molar-refractivity contribution in [3.05, 3.63) is 63.4 Å². The number of tetrazole rings is 1. The molecule has 2 aromatic carbocycles. The Kier molecular flexibility index (Phi) is 5.76. The highest BCUT2D eigenvalue weighted by Gasteiger charge is 2.49. The molecule has 2 heterocycles. The third kappa shape index (κ3) is 3.99. The van der Waals surface area contributed by atoms with Gasteiger partial charge in [0.2, 0.25) is 5.91 Å². The summed E-state index contributed by atoms with van der Waals surface area (Å²) in [4.78, 5) is 39.0. The van der Waals surface area contributed by atoms with E-state index in [1.165, 1.54) is 23.1 Å². The second-order valence-electron chi connectivity index (χ2n) is 7.05. The van der Waals surface area contributed by atoms with Gasteiger partial charge in [-0.3, -0.25) is 14.5 Å². The van der Waals surface area contributed by atoms with Crippen molar-refractivity contribution in [3.8, 4) is 5.69 Å². The standard InChI is InChI=1S/C19H14Cl3N7O3/c1-19(10-3-2-4-11(5-10)29-9-23-26-27-29)17(31)28(18(32)25-19)8-16(30)24-15-7-13(21)12(20)6-14(15)22/h2-7,9H,8H2,1H3,(H,24,30)(H,25,32)/t19-/m1/s1. The van der Waals surface area contributed by atoms with E-state index in [9.17, 15) is 14.4 Å². The summed E-state index contributed by atoms with van der Waals surface area (Å²) in [5, 5.41) is 16.7.